The third-order valence-electron chi connectivity index (χ3n) is 11.2. The van der Waals surface area contributed by atoms with E-state index in [1.54, 1.807) is 19.1 Å². The Kier molecular flexibility index (Phi) is 10.7. The first-order valence-corrected chi connectivity index (χ1v) is 20.3. The second-order valence-corrected chi connectivity index (χ2v) is 17.0. The Balaban J connectivity index is 1.21. The van der Waals surface area contributed by atoms with Gasteiger partial charge in [0.25, 0.3) is 0 Å². The third kappa shape index (κ3) is 7.56. The summed E-state index contributed by atoms with van der Waals surface area (Å²) in [5.41, 5.74) is 3.99. The fraction of sp³-hybridized carbons (Fsp3) is 0.564. The molecule has 0 aliphatic carbocycles. The van der Waals surface area contributed by atoms with Crippen molar-refractivity contribution in [3.05, 3.63) is 75.7 Å². The van der Waals surface area contributed by atoms with Crippen LogP contribution in [-0.2, 0) is 27.5 Å². The van der Waals surface area contributed by atoms with Crippen molar-refractivity contribution in [1.82, 2.24) is 28.8 Å². The minimum absolute atomic E-state index is 0.00936. The van der Waals surface area contributed by atoms with E-state index < -0.39 is 27.6 Å². The zero-order valence-electron chi connectivity index (χ0n) is 31.6. The molecule has 4 aromatic rings. The van der Waals surface area contributed by atoms with E-state index in [2.05, 4.69) is 15.1 Å². The predicted molar refractivity (Wildman–Crippen MR) is 196 cm³/mol. The Morgan fingerprint density at radius 2 is 1.74 bits per heavy atom. The number of pyridine rings is 2. The van der Waals surface area contributed by atoms with Crippen LogP contribution in [0.1, 0.15) is 97.5 Å². The van der Waals surface area contributed by atoms with Gasteiger partial charge in [-0.3, -0.25) is 9.30 Å². The van der Waals surface area contributed by atoms with E-state index in [1.165, 1.54) is 29.8 Å². The molecule has 7 rings (SSSR count). The maximum atomic E-state index is 14.7. The highest BCUT2D eigenvalue weighted by atomic mass is 32.2. The molecule has 54 heavy (non-hydrogen) atoms. The van der Waals surface area contributed by atoms with Gasteiger partial charge in [0.15, 0.2) is 5.65 Å². The number of rotatable bonds is 9. The maximum Gasteiger partial charge on any atom is 0.452 e. The van der Waals surface area contributed by atoms with E-state index in [0.717, 1.165) is 46.3 Å². The van der Waals surface area contributed by atoms with Gasteiger partial charge in [0, 0.05) is 43.6 Å². The number of nitrogens with zero attached hydrogens (tertiary/aromatic N) is 6. The number of likely N-dealkylation sites (tertiary alicyclic amines) is 1. The number of aryl methyl sites for hydroxylation is 3. The highest BCUT2D eigenvalue weighted by molar-refractivity contribution is 7.89. The van der Waals surface area contributed by atoms with Gasteiger partial charge in [-0.15, -0.1) is 10.2 Å². The highest BCUT2D eigenvalue weighted by Gasteiger charge is 2.46. The Labute approximate surface area is 314 Å². The molecular formula is C39H49F3N6O5S. The Bertz CT molecular complexity index is 2110. The second-order valence-electron chi connectivity index (χ2n) is 15.1. The van der Waals surface area contributed by atoms with Crippen molar-refractivity contribution >= 4 is 15.7 Å². The van der Waals surface area contributed by atoms with Crippen LogP contribution in [0.2, 0.25) is 0 Å². The van der Waals surface area contributed by atoms with Gasteiger partial charge in [0.2, 0.25) is 27.6 Å². The number of benzene rings is 1. The van der Waals surface area contributed by atoms with Gasteiger partial charge in [-0.25, -0.2) is 8.42 Å². The van der Waals surface area contributed by atoms with Gasteiger partial charge in [-0.05, 0) is 100.0 Å². The fourth-order valence-electron chi connectivity index (χ4n) is 8.17. The molecule has 0 N–H and O–H groups in total. The summed E-state index contributed by atoms with van der Waals surface area (Å²) >= 11 is 0. The van der Waals surface area contributed by atoms with Crippen molar-refractivity contribution in [1.29, 1.82) is 0 Å². The summed E-state index contributed by atoms with van der Waals surface area (Å²) in [6.07, 6.45) is 1.82. The highest BCUT2D eigenvalue weighted by Crippen LogP contribution is 2.41. The van der Waals surface area contributed by atoms with Gasteiger partial charge in [-0.2, -0.15) is 22.5 Å². The van der Waals surface area contributed by atoms with Crippen LogP contribution in [0.25, 0.3) is 5.65 Å². The molecule has 15 heteroatoms. The quantitative estimate of drug-likeness (QED) is 0.178. The zero-order chi connectivity index (χ0) is 38.4. The Morgan fingerprint density at radius 3 is 2.44 bits per heavy atom. The largest absolute Gasteiger partial charge is 0.473 e. The molecule has 1 spiro atoms. The number of aromatic nitrogens is 4. The number of ether oxygens (including phenoxy) is 3. The Morgan fingerprint density at radius 1 is 1.00 bits per heavy atom. The number of halogens is 3. The minimum Gasteiger partial charge on any atom is -0.473 e. The summed E-state index contributed by atoms with van der Waals surface area (Å²) < 4.78 is 91.3. The van der Waals surface area contributed by atoms with Crippen LogP contribution in [0.5, 0.6) is 11.8 Å². The van der Waals surface area contributed by atoms with Crippen molar-refractivity contribution < 1.29 is 35.8 Å². The number of hydrogen-bond acceptors (Lipinski definition) is 9. The molecule has 2 saturated heterocycles. The molecule has 0 unspecified atom stereocenters. The normalized spacial score (nSPS) is 20.3. The monoisotopic (exact) mass is 770 g/mol. The summed E-state index contributed by atoms with van der Waals surface area (Å²) in [5, 5.41) is 7.31. The average molecular weight is 771 g/mol. The molecule has 2 fully saturated rings. The third-order valence-corrected chi connectivity index (χ3v) is 13.0. The van der Waals surface area contributed by atoms with E-state index >= 15 is 0 Å². The number of alkyl halides is 3. The SMILES string of the molecule is CC[C@@H](c1ccc(C)c(CN2CC3(CCOCC3)Oc3nc(O[C@H](C)CN4CCCCC4)c(C)cc3S2(=O)=O)c1)c1ccn2c(C(F)(F)F)nnc2c1C. The number of fused-ring (bicyclic) bond motifs is 2. The lowest BCUT2D eigenvalue weighted by Gasteiger charge is -2.38. The molecule has 0 radical (unpaired) electrons. The molecule has 11 nitrogen and oxygen atoms in total. The molecule has 3 aliphatic heterocycles. The molecule has 292 valence electrons. The molecule has 6 heterocycles. The Hall–Kier alpha value is -3.79. The predicted octanol–water partition coefficient (Wildman–Crippen LogP) is 7.00. The van der Waals surface area contributed by atoms with E-state index in [1.807, 2.05) is 45.9 Å². The van der Waals surface area contributed by atoms with Gasteiger partial charge >= 0.3 is 6.18 Å². The molecule has 2 atom stereocenters. The van der Waals surface area contributed by atoms with Crippen molar-refractivity contribution in [3.8, 4) is 11.8 Å². The molecule has 0 bridgehead atoms. The first-order valence-electron chi connectivity index (χ1n) is 18.9. The van der Waals surface area contributed by atoms with Gasteiger partial charge in [0.1, 0.15) is 16.6 Å². The molecule has 0 saturated carbocycles. The van der Waals surface area contributed by atoms with Crippen LogP contribution >= 0.6 is 0 Å². The van der Waals surface area contributed by atoms with E-state index in [4.69, 9.17) is 19.2 Å². The van der Waals surface area contributed by atoms with Crippen molar-refractivity contribution in [2.24, 2.45) is 0 Å². The topological polar surface area (TPSA) is 111 Å². The van der Waals surface area contributed by atoms with Crippen LogP contribution < -0.4 is 9.47 Å². The fourth-order valence-corrected chi connectivity index (χ4v) is 9.79. The summed E-state index contributed by atoms with van der Waals surface area (Å²) in [6.45, 7) is 13.4. The summed E-state index contributed by atoms with van der Waals surface area (Å²) in [7, 11) is -4.10. The van der Waals surface area contributed by atoms with Crippen LogP contribution in [0.15, 0.2) is 41.4 Å². The van der Waals surface area contributed by atoms with Gasteiger partial charge < -0.3 is 14.2 Å². The molecule has 3 aliphatic rings. The first-order chi connectivity index (χ1) is 25.7. The van der Waals surface area contributed by atoms with E-state index in [-0.39, 0.29) is 41.5 Å². The average Bonchev–Trinajstić information content (AvgIpc) is 3.56. The van der Waals surface area contributed by atoms with Gasteiger partial charge in [0.05, 0.1) is 19.8 Å². The summed E-state index contributed by atoms with van der Waals surface area (Å²) in [5.74, 6) is -0.835. The van der Waals surface area contributed by atoms with E-state index in [0.29, 0.717) is 49.5 Å². The molecule has 3 aromatic heterocycles. The van der Waals surface area contributed by atoms with Gasteiger partial charge in [-0.1, -0.05) is 31.5 Å². The molecule has 1 aromatic carbocycles. The van der Waals surface area contributed by atoms with E-state index in [9.17, 15) is 21.6 Å². The first kappa shape index (κ1) is 38.5. The number of hydrogen-bond donors (Lipinski definition) is 0. The number of piperidine rings is 1. The van der Waals surface area contributed by atoms with Crippen LogP contribution in [-0.4, -0.2) is 88.3 Å². The maximum absolute atomic E-state index is 14.7. The summed E-state index contributed by atoms with van der Waals surface area (Å²) in [4.78, 5) is 7.16. The lowest BCUT2D eigenvalue weighted by Crippen LogP contribution is -2.50. The van der Waals surface area contributed by atoms with Crippen molar-refractivity contribution in [2.45, 2.75) is 108 Å². The van der Waals surface area contributed by atoms with Crippen molar-refractivity contribution in [2.75, 3.05) is 39.4 Å². The zero-order valence-corrected chi connectivity index (χ0v) is 32.4. The van der Waals surface area contributed by atoms with Crippen LogP contribution in [0, 0.1) is 20.8 Å². The van der Waals surface area contributed by atoms with Crippen molar-refractivity contribution in [3.63, 3.8) is 0 Å². The standard InChI is InChI=1S/C39H49F3N6O5S/c1-6-31(32-12-17-48-34(28(32)5)44-45-37(48)39(40,41)42)29-11-10-25(2)30(21-29)23-47-24-38(13-18-51-19-14-38)53-36-33(54(47,49)50)20-26(3)35(43-36)52-27(4)22-46-15-8-7-9-16-46/h10-12,17,20-21,27,31H,6-9,13-16,18-19,22-24H2,1-5H3/t27-,31+/m1/s1. The molecular weight excluding hydrogens is 722 g/mol. The molecule has 0 amide bonds. The smallest absolute Gasteiger partial charge is 0.452 e. The summed E-state index contributed by atoms with van der Waals surface area (Å²) in [6, 6.07) is 9.30. The van der Waals surface area contributed by atoms with Crippen LogP contribution in [0.4, 0.5) is 13.2 Å². The second kappa shape index (κ2) is 15.0. The lowest BCUT2D eigenvalue weighted by molar-refractivity contribution is -0.145. The lowest BCUT2D eigenvalue weighted by atomic mass is 9.85. The van der Waals surface area contributed by atoms with Crippen LogP contribution in [0.3, 0.4) is 0 Å². The number of sulfonamides is 1. The minimum atomic E-state index is -4.64.